The van der Waals surface area contributed by atoms with Crippen LogP contribution in [0, 0.1) is 0 Å². The van der Waals surface area contributed by atoms with E-state index in [2.05, 4.69) is 10.2 Å². The van der Waals surface area contributed by atoms with Crippen LogP contribution in [0.4, 0.5) is 5.69 Å². The molecule has 0 radical (unpaired) electrons. The van der Waals surface area contributed by atoms with E-state index in [0.717, 1.165) is 18.8 Å². The summed E-state index contributed by atoms with van der Waals surface area (Å²) in [6, 6.07) is 4.90. The first-order valence-corrected chi connectivity index (χ1v) is 4.80. The molecule has 1 aromatic carbocycles. The van der Waals surface area contributed by atoms with Crippen LogP contribution in [0.1, 0.15) is 10.4 Å². The summed E-state index contributed by atoms with van der Waals surface area (Å²) in [6.07, 6.45) is 0.645. The van der Waals surface area contributed by atoms with Crippen LogP contribution in [-0.2, 0) is 0 Å². The van der Waals surface area contributed by atoms with Gasteiger partial charge in [-0.25, -0.2) is 0 Å². The Morgan fingerprint density at radius 3 is 2.80 bits per heavy atom. The van der Waals surface area contributed by atoms with Gasteiger partial charge in [-0.2, -0.15) is 0 Å². The van der Waals surface area contributed by atoms with Crippen molar-refractivity contribution < 1.29 is 9.90 Å². The van der Waals surface area contributed by atoms with Gasteiger partial charge in [-0.15, -0.1) is 0 Å². The van der Waals surface area contributed by atoms with Crippen LogP contribution >= 0.6 is 0 Å². The normalized spacial score (nSPS) is 10.3. The summed E-state index contributed by atoms with van der Waals surface area (Å²) < 4.78 is 0. The molecule has 0 aliphatic rings. The zero-order valence-corrected chi connectivity index (χ0v) is 9.03. The van der Waals surface area contributed by atoms with E-state index in [0.29, 0.717) is 11.8 Å². The molecule has 0 bridgehead atoms. The Labute approximate surface area is 89.5 Å². The smallest absolute Gasteiger partial charge is 0.153 e. The van der Waals surface area contributed by atoms with E-state index in [1.54, 1.807) is 12.1 Å². The topological polar surface area (TPSA) is 52.6 Å². The fourth-order valence-corrected chi connectivity index (χ4v) is 1.18. The molecule has 0 amide bonds. The lowest BCUT2D eigenvalue weighted by molar-refractivity contribution is 0.112. The molecular formula is C11H16N2O2. The largest absolute Gasteiger partial charge is 0.507 e. The lowest BCUT2D eigenvalue weighted by atomic mass is 10.2. The fraction of sp³-hybridized carbons (Fsp3) is 0.364. The van der Waals surface area contributed by atoms with Gasteiger partial charge < -0.3 is 15.3 Å². The van der Waals surface area contributed by atoms with Gasteiger partial charge in [-0.1, -0.05) is 0 Å². The first-order chi connectivity index (χ1) is 7.13. The number of nitrogens with zero attached hydrogens (tertiary/aromatic N) is 1. The summed E-state index contributed by atoms with van der Waals surface area (Å²) in [5.41, 5.74) is 1.15. The molecule has 4 nitrogen and oxygen atoms in total. The van der Waals surface area contributed by atoms with Crippen molar-refractivity contribution in [2.24, 2.45) is 0 Å². The average molecular weight is 208 g/mol. The van der Waals surface area contributed by atoms with Crippen molar-refractivity contribution in [1.29, 1.82) is 0 Å². The quantitative estimate of drug-likeness (QED) is 0.563. The molecule has 1 rings (SSSR count). The van der Waals surface area contributed by atoms with E-state index >= 15 is 0 Å². The van der Waals surface area contributed by atoms with Gasteiger partial charge >= 0.3 is 0 Å². The molecule has 0 atom stereocenters. The predicted molar refractivity (Wildman–Crippen MR) is 60.5 cm³/mol. The minimum absolute atomic E-state index is 0.0168. The third-order valence-electron chi connectivity index (χ3n) is 2.04. The maximum atomic E-state index is 10.6. The van der Waals surface area contributed by atoms with Gasteiger partial charge in [0.2, 0.25) is 0 Å². The van der Waals surface area contributed by atoms with Crippen molar-refractivity contribution in [3.8, 4) is 5.75 Å². The first-order valence-electron chi connectivity index (χ1n) is 4.80. The molecule has 0 spiro atoms. The molecular weight excluding hydrogens is 192 g/mol. The van der Waals surface area contributed by atoms with Gasteiger partial charge in [0.05, 0.1) is 5.56 Å². The van der Waals surface area contributed by atoms with E-state index in [4.69, 9.17) is 0 Å². The zero-order chi connectivity index (χ0) is 11.3. The Kier molecular flexibility index (Phi) is 4.12. The number of hydrogen-bond donors (Lipinski definition) is 2. The number of anilines is 1. The number of benzene rings is 1. The minimum Gasteiger partial charge on any atom is -0.507 e. The van der Waals surface area contributed by atoms with Crippen LogP contribution in [0.3, 0.4) is 0 Å². The lowest BCUT2D eigenvalue weighted by Crippen LogP contribution is -2.20. The average Bonchev–Trinajstić information content (AvgIpc) is 2.20. The number of aldehydes is 1. The van der Waals surface area contributed by atoms with Crippen LogP contribution in [-0.4, -0.2) is 43.5 Å². The second-order valence-electron chi connectivity index (χ2n) is 3.62. The zero-order valence-electron chi connectivity index (χ0n) is 9.03. The Bertz CT molecular complexity index is 337. The molecule has 0 saturated carbocycles. The van der Waals surface area contributed by atoms with Gasteiger partial charge in [0.1, 0.15) is 5.75 Å². The molecule has 4 heteroatoms. The second-order valence-corrected chi connectivity index (χ2v) is 3.62. The fourth-order valence-electron chi connectivity index (χ4n) is 1.18. The van der Waals surface area contributed by atoms with Gasteiger partial charge in [-0.05, 0) is 32.3 Å². The number of likely N-dealkylation sites (N-methyl/N-ethyl adjacent to an activating group) is 1. The standard InChI is InChI=1S/C11H16N2O2/c1-13(2)6-5-12-10-3-4-11(15)9(7-10)8-14/h3-4,7-8,12,15H,5-6H2,1-2H3. The van der Waals surface area contributed by atoms with Gasteiger partial charge in [0.25, 0.3) is 0 Å². The van der Waals surface area contributed by atoms with Gasteiger partial charge in [0.15, 0.2) is 6.29 Å². The molecule has 0 aliphatic heterocycles. The van der Waals surface area contributed by atoms with Gasteiger partial charge in [0, 0.05) is 18.8 Å². The Morgan fingerprint density at radius 1 is 1.47 bits per heavy atom. The second kappa shape index (κ2) is 5.36. The molecule has 2 N–H and O–H groups in total. The van der Waals surface area contributed by atoms with Crippen LogP contribution in [0.25, 0.3) is 0 Å². The maximum Gasteiger partial charge on any atom is 0.153 e. The SMILES string of the molecule is CN(C)CCNc1ccc(O)c(C=O)c1. The number of aromatic hydroxyl groups is 1. The molecule has 0 aromatic heterocycles. The first kappa shape index (κ1) is 11.5. The Hall–Kier alpha value is -1.55. The van der Waals surface area contributed by atoms with Crippen molar-refractivity contribution in [1.82, 2.24) is 4.90 Å². The summed E-state index contributed by atoms with van der Waals surface area (Å²) in [6.45, 7) is 1.72. The molecule has 0 unspecified atom stereocenters. The molecule has 1 aromatic rings. The highest BCUT2D eigenvalue weighted by atomic mass is 16.3. The summed E-state index contributed by atoms with van der Waals surface area (Å²) in [4.78, 5) is 12.6. The predicted octanol–water partition coefficient (Wildman–Crippen LogP) is 1.18. The number of rotatable bonds is 5. The molecule has 0 heterocycles. The summed E-state index contributed by atoms with van der Waals surface area (Å²) in [5.74, 6) is 0.0168. The van der Waals surface area contributed by atoms with Crippen LogP contribution in [0.5, 0.6) is 5.75 Å². The third-order valence-corrected chi connectivity index (χ3v) is 2.04. The van der Waals surface area contributed by atoms with Crippen molar-refractivity contribution >= 4 is 12.0 Å². The highest BCUT2D eigenvalue weighted by Crippen LogP contribution is 2.19. The lowest BCUT2D eigenvalue weighted by Gasteiger charge is -2.11. The van der Waals surface area contributed by atoms with E-state index in [-0.39, 0.29) is 5.75 Å². The monoisotopic (exact) mass is 208 g/mol. The van der Waals surface area contributed by atoms with E-state index in [1.165, 1.54) is 6.07 Å². The molecule has 0 fully saturated rings. The number of carbonyl (C=O) groups excluding carboxylic acids is 1. The van der Waals surface area contributed by atoms with Crippen LogP contribution in [0.15, 0.2) is 18.2 Å². The number of hydrogen-bond acceptors (Lipinski definition) is 4. The van der Waals surface area contributed by atoms with Crippen molar-refractivity contribution in [2.75, 3.05) is 32.5 Å². The van der Waals surface area contributed by atoms with Crippen molar-refractivity contribution in [2.45, 2.75) is 0 Å². The number of phenols is 1. The Morgan fingerprint density at radius 2 is 2.20 bits per heavy atom. The van der Waals surface area contributed by atoms with Crippen LogP contribution in [0.2, 0.25) is 0 Å². The van der Waals surface area contributed by atoms with E-state index in [9.17, 15) is 9.90 Å². The molecule has 0 aliphatic carbocycles. The number of phenolic OH excluding ortho intramolecular Hbond substituents is 1. The minimum atomic E-state index is 0.0168. The number of carbonyl (C=O) groups is 1. The third kappa shape index (κ3) is 3.59. The highest BCUT2D eigenvalue weighted by molar-refractivity contribution is 5.81. The van der Waals surface area contributed by atoms with Gasteiger partial charge in [-0.3, -0.25) is 4.79 Å². The van der Waals surface area contributed by atoms with Crippen molar-refractivity contribution in [3.05, 3.63) is 23.8 Å². The summed E-state index contributed by atoms with van der Waals surface area (Å²) >= 11 is 0. The Balaban J connectivity index is 2.58. The summed E-state index contributed by atoms with van der Waals surface area (Å²) in [7, 11) is 3.99. The summed E-state index contributed by atoms with van der Waals surface area (Å²) in [5, 5.41) is 12.4. The number of nitrogens with one attached hydrogen (secondary N) is 1. The van der Waals surface area contributed by atoms with Crippen LogP contribution < -0.4 is 5.32 Å². The van der Waals surface area contributed by atoms with E-state index in [1.807, 2.05) is 14.1 Å². The molecule has 0 saturated heterocycles. The van der Waals surface area contributed by atoms with E-state index < -0.39 is 0 Å². The maximum absolute atomic E-state index is 10.6. The highest BCUT2D eigenvalue weighted by Gasteiger charge is 2.00. The van der Waals surface area contributed by atoms with Crippen molar-refractivity contribution in [3.63, 3.8) is 0 Å². The molecule has 15 heavy (non-hydrogen) atoms. The molecule has 82 valence electrons.